The molecule has 1 aromatic heterocycles. The number of carbonyl (C=O) groups excluding carboxylic acids is 1. The summed E-state index contributed by atoms with van der Waals surface area (Å²) in [5, 5.41) is 0. The van der Waals surface area contributed by atoms with Gasteiger partial charge < -0.3 is 9.64 Å². The zero-order valence-electron chi connectivity index (χ0n) is 14.0. The van der Waals surface area contributed by atoms with Crippen LogP contribution in [0.3, 0.4) is 0 Å². The molecule has 1 aromatic rings. The lowest BCUT2D eigenvalue weighted by Crippen LogP contribution is -2.41. The summed E-state index contributed by atoms with van der Waals surface area (Å²) in [6.45, 7) is 9.16. The lowest BCUT2D eigenvalue weighted by Gasteiger charge is -2.33. The first-order valence-corrected chi connectivity index (χ1v) is 7.96. The van der Waals surface area contributed by atoms with E-state index in [0.717, 1.165) is 31.6 Å². The van der Waals surface area contributed by atoms with Crippen LogP contribution in [0.5, 0.6) is 0 Å². The van der Waals surface area contributed by atoms with Crippen LogP contribution in [0.25, 0.3) is 6.08 Å². The van der Waals surface area contributed by atoms with Crippen molar-refractivity contribution in [3.8, 4) is 0 Å². The Kier molecular flexibility index (Phi) is 5.22. The van der Waals surface area contributed by atoms with Gasteiger partial charge in [0, 0.05) is 25.2 Å². The van der Waals surface area contributed by atoms with Gasteiger partial charge in [-0.1, -0.05) is 18.2 Å². The Balaban J connectivity index is 1.99. The van der Waals surface area contributed by atoms with Crippen LogP contribution in [0.4, 0.5) is 4.79 Å². The second kappa shape index (κ2) is 6.95. The van der Waals surface area contributed by atoms with Crippen LogP contribution in [-0.2, 0) is 4.74 Å². The SMILES string of the molecule is C/C=C\c1cccnc1C1CCN(C(=O)OC(C)(C)C)CC1. The summed E-state index contributed by atoms with van der Waals surface area (Å²) in [7, 11) is 0. The topological polar surface area (TPSA) is 42.4 Å². The lowest BCUT2D eigenvalue weighted by atomic mass is 9.90. The molecule has 0 aliphatic carbocycles. The van der Waals surface area contributed by atoms with Crippen LogP contribution in [0, 0.1) is 0 Å². The maximum Gasteiger partial charge on any atom is 0.410 e. The molecule has 120 valence electrons. The number of amides is 1. The van der Waals surface area contributed by atoms with Crippen molar-refractivity contribution in [1.29, 1.82) is 0 Å². The molecule has 4 heteroatoms. The Labute approximate surface area is 133 Å². The fourth-order valence-corrected chi connectivity index (χ4v) is 2.75. The number of pyridine rings is 1. The second-order valence-corrected chi connectivity index (χ2v) is 6.72. The monoisotopic (exact) mass is 302 g/mol. The number of allylic oxidation sites excluding steroid dienone is 1. The van der Waals surface area contributed by atoms with Gasteiger partial charge in [0.05, 0.1) is 5.69 Å². The zero-order valence-corrected chi connectivity index (χ0v) is 14.0. The third kappa shape index (κ3) is 4.33. The largest absolute Gasteiger partial charge is 0.444 e. The van der Waals surface area contributed by atoms with Crippen LogP contribution >= 0.6 is 0 Å². The van der Waals surface area contributed by atoms with E-state index in [4.69, 9.17) is 4.74 Å². The molecule has 0 unspecified atom stereocenters. The van der Waals surface area contributed by atoms with Crippen LogP contribution in [-0.4, -0.2) is 34.7 Å². The predicted molar refractivity (Wildman–Crippen MR) is 88.7 cm³/mol. The molecule has 2 heterocycles. The third-order valence-corrected chi connectivity index (χ3v) is 3.75. The number of piperidine rings is 1. The van der Waals surface area contributed by atoms with E-state index < -0.39 is 5.60 Å². The predicted octanol–water partition coefficient (Wildman–Crippen LogP) is 4.23. The minimum Gasteiger partial charge on any atom is -0.444 e. The molecule has 0 atom stereocenters. The van der Waals surface area contributed by atoms with Crippen LogP contribution in [0.1, 0.15) is 57.7 Å². The quantitative estimate of drug-likeness (QED) is 0.821. The van der Waals surface area contributed by atoms with Gasteiger partial charge in [-0.3, -0.25) is 4.98 Å². The van der Waals surface area contributed by atoms with Crippen molar-refractivity contribution in [1.82, 2.24) is 9.88 Å². The first kappa shape index (κ1) is 16.5. The number of ether oxygens (including phenoxy) is 1. The minimum atomic E-state index is -0.437. The summed E-state index contributed by atoms with van der Waals surface area (Å²) in [6.07, 6.45) is 7.64. The average Bonchev–Trinajstić information content (AvgIpc) is 2.47. The molecule has 0 bridgehead atoms. The molecular weight excluding hydrogens is 276 g/mol. The van der Waals surface area contributed by atoms with Gasteiger partial charge in [-0.15, -0.1) is 0 Å². The normalized spacial score (nSPS) is 17.0. The second-order valence-electron chi connectivity index (χ2n) is 6.72. The number of carbonyl (C=O) groups is 1. The van der Waals surface area contributed by atoms with Crippen LogP contribution < -0.4 is 0 Å². The number of hydrogen-bond acceptors (Lipinski definition) is 3. The highest BCUT2D eigenvalue weighted by atomic mass is 16.6. The van der Waals surface area contributed by atoms with Crippen molar-refractivity contribution in [2.75, 3.05) is 13.1 Å². The van der Waals surface area contributed by atoms with Crippen LogP contribution in [0.2, 0.25) is 0 Å². The number of aromatic nitrogens is 1. The molecule has 2 rings (SSSR count). The molecule has 1 aliphatic rings. The molecule has 0 saturated carbocycles. The maximum atomic E-state index is 12.1. The fourth-order valence-electron chi connectivity index (χ4n) is 2.75. The molecule has 0 spiro atoms. The van der Waals surface area contributed by atoms with Gasteiger partial charge in [-0.2, -0.15) is 0 Å². The number of nitrogens with zero attached hydrogens (tertiary/aromatic N) is 2. The number of likely N-dealkylation sites (tertiary alicyclic amines) is 1. The molecular formula is C18H26N2O2. The highest BCUT2D eigenvalue weighted by molar-refractivity contribution is 5.68. The first-order valence-electron chi connectivity index (χ1n) is 7.96. The molecule has 1 fully saturated rings. The third-order valence-electron chi connectivity index (χ3n) is 3.75. The number of rotatable bonds is 2. The first-order chi connectivity index (χ1) is 10.4. The van der Waals surface area contributed by atoms with Gasteiger partial charge in [0.25, 0.3) is 0 Å². The van der Waals surface area contributed by atoms with Crippen molar-refractivity contribution >= 4 is 12.2 Å². The van der Waals surface area contributed by atoms with Gasteiger partial charge in [0.1, 0.15) is 5.60 Å². The Hall–Kier alpha value is -1.84. The van der Waals surface area contributed by atoms with Crippen LogP contribution in [0.15, 0.2) is 24.4 Å². The van der Waals surface area contributed by atoms with Gasteiger partial charge in [-0.05, 0) is 52.2 Å². The van der Waals surface area contributed by atoms with E-state index in [1.54, 1.807) is 4.90 Å². The summed E-state index contributed by atoms with van der Waals surface area (Å²) in [4.78, 5) is 18.5. The smallest absolute Gasteiger partial charge is 0.410 e. The van der Waals surface area contributed by atoms with E-state index in [9.17, 15) is 4.79 Å². The molecule has 0 N–H and O–H groups in total. The Bertz CT molecular complexity index is 538. The number of hydrogen-bond donors (Lipinski definition) is 0. The molecule has 4 nitrogen and oxygen atoms in total. The molecule has 1 aliphatic heterocycles. The van der Waals surface area contributed by atoms with Gasteiger partial charge in [0.15, 0.2) is 0 Å². The Morgan fingerprint density at radius 2 is 2.05 bits per heavy atom. The van der Waals surface area contributed by atoms with Gasteiger partial charge in [-0.25, -0.2) is 4.79 Å². The van der Waals surface area contributed by atoms with Crippen molar-refractivity contribution < 1.29 is 9.53 Å². The minimum absolute atomic E-state index is 0.208. The molecule has 22 heavy (non-hydrogen) atoms. The molecule has 1 saturated heterocycles. The summed E-state index contributed by atoms with van der Waals surface area (Å²) in [5.74, 6) is 0.408. The zero-order chi connectivity index (χ0) is 16.2. The van der Waals surface area contributed by atoms with E-state index >= 15 is 0 Å². The van der Waals surface area contributed by atoms with Crippen molar-refractivity contribution in [3.05, 3.63) is 35.7 Å². The van der Waals surface area contributed by atoms with E-state index in [-0.39, 0.29) is 6.09 Å². The fraction of sp³-hybridized carbons (Fsp3) is 0.556. The van der Waals surface area contributed by atoms with Gasteiger partial charge in [0.2, 0.25) is 0 Å². The maximum absolute atomic E-state index is 12.1. The van der Waals surface area contributed by atoms with Crippen molar-refractivity contribution in [2.45, 2.75) is 52.1 Å². The summed E-state index contributed by atoms with van der Waals surface area (Å²) in [5.41, 5.74) is 1.89. The Morgan fingerprint density at radius 1 is 1.36 bits per heavy atom. The molecule has 0 radical (unpaired) electrons. The van der Waals surface area contributed by atoms with Crippen molar-refractivity contribution in [3.63, 3.8) is 0 Å². The highest BCUT2D eigenvalue weighted by Gasteiger charge is 2.28. The van der Waals surface area contributed by atoms with Gasteiger partial charge >= 0.3 is 6.09 Å². The lowest BCUT2D eigenvalue weighted by molar-refractivity contribution is 0.0204. The molecule has 1 amide bonds. The average molecular weight is 302 g/mol. The van der Waals surface area contributed by atoms with E-state index in [1.807, 2.05) is 46.0 Å². The summed E-state index contributed by atoms with van der Waals surface area (Å²) >= 11 is 0. The standard InChI is InChI=1S/C18H26N2O2/c1-5-7-14-8-6-11-19-16(14)15-9-12-20(13-10-15)17(21)22-18(2,3)4/h5-8,11,15H,9-10,12-13H2,1-4H3/b7-5-. The summed E-state index contributed by atoms with van der Waals surface area (Å²) < 4.78 is 5.44. The van der Waals surface area contributed by atoms with E-state index in [1.165, 1.54) is 5.56 Å². The van der Waals surface area contributed by atoms with Crippen molar-refractivity contribution in [2.24, 2.45) is 0 Å². The Morgan fingerprint density at radius 3 is 2.64 bits per heavy atom. The van der Waals surface area contributed by atoms with E-state index in [2.05, 4.69) is 17.1 Å². The molecule has 0 aromatic carbocycles. The van der Waals surface area contributed by atoms with E-state index in [0.29, 0.717) is 5.92 Å². The summed E-state index contributed by atoms with van der Waals surface area (Å²) in [6, 6.07) is 4.07. The highest BCUT2D eigenvalue weighted by Crippen LogP contribution is 2.30.